The number of phenols is 2. The minimum atomic E-state index is 0.365. The van der Waals surface area contributed by atoms with Gasteiger partial charge >= 0.3 is 0 Å². The molecule has 4 heteroatoms. The fourth-order valence-electron chi connectivity index (χ4n) is 6.27. The summed E-state index contributed by atoms with van der Waals surface area (Å²) in [6, 6.07) is 4.91. The summed E-state index contributed by atoms with van der Waals surface area (Å²) in [7, 11) is 0. The Bertz CT molecular complexity index is 1110. The van der Waals surface area contributed by atoms with Crippen molar-refractivity contribution >= 4 is 0 Å². The molecule has 3 rings (SSSR count). The van der Waals surface area contributed by atoms with Crippen LogP contribution in [0.1, 0.15) is 117 Å². The molecule has 1 fully saturated rings. The lowest BCUT2D eigenvalue weighted by Crippen LogP contribution is -2.52. The smallest absolute Gasteiger partial charge is 0.122 e. The molecule has 1 aliphatic heterocycles. The number of hydrogen-bond donors (Lipinski definition) is 2. The van der Waals surface area contributed by atoms with Gasteiger partial charge in [0.25, 0.3) is 0 Å². The van der Waals surface area contributed by atoms with E-state index in [2.05, 4.69) is 91.2 Å². The van der Waals surface area contributed by atoms with Gasteiger partial charge in [0.2, 0.25) is 0 Å². The van der Waals surface area contributed by atoms with Crippen molar-refractivity contribution < 1.29 is 10.2 Å². The van der Waals surface area contributed by atoms with E-state index in [1.54, 1.807) is 0 Å². The minimum absolute atomic E-state index is 0.365. The molecule has 2 aromatic carbocycles. The topological polar surface area (TPSA) is 46.9 Å². The first kappa shape index (κ1) is 30.5. The Kier molecular flexibility index (Phi) is 10.3. The Balaban J connectivity index is 1.83. The Morgan fingerprint density at radius 3 is 1.68 bits per heavy atom. The molecule has 2 N–H and O–H groups in total. The summed E-state index contributed by atoms with van der Waals surface area (Å²) in [5.74, 6) is 2.33. The third-order valence-corrected chi connectivity index (χ3v) is 9.32. The first-order chi connectivity index (χ1) is 17.9. The van der Waals surface area contributed by atoms with Crippen molar-refractivity contribution in [3.8, 4) is 11.5 Å². The zero-order chi connectivity index (χ0) is 28.3. The highest BCUT2D eigenvalue weighted by molar-refractivity contribution is 5.51. The van der Waals surface area contributed by atoms with Crippen LogP contribution in [0.5, 0.6) is 11.5 Å². The van der Waals surface area contributed by atoms with Gasteiger partial charge in [-0.3, -0.25) is 9.80 Å². The number of rotatable bonds is 10. The molecule has 0 saturated carbocycles. The van der Waals surface area contributed by atoms with Crippen molar-refractivity contribution in [2.45, 2.75) is 119 Å². The zero-order valence-electron chi connectivity index (χ0n) is 25.9. The lowest BCUT2D eigenvalue weighted by atomic mass is 9.89. The molecule has 212 valence electrons. The van der Waals surface area contributed by atoms with Crippen LogP contribution in [0.15, 0.2) is 12.1 Å². The second-order valence-corrected chi connectivity index (χ2v) is 12.6. The van der Waals surface area contributed by atoms with Gasteiger partial charge in [-0.2, -0.15) is 0 Å². The zero-order valence-corrected chi connectivity index (χ0v) is 25.9. The predicted octanol–water partition coefficient (Wildman–Crippen LogP) is 8.09. The first-order valence-corrected chi connectivity index (χ1v) is 15.0. The lowest BCUT2D eigenvalue weighted by Gasteiger charge is -2.43. The van der Waals surface area contributed by atoms with Crippen molar-refractivity contribution in [1.82, 2.24) is 9.80 Å². The van der Waals surface area contributed by atoms with Gasteiger partial charge in [0.05, 0.1) is 0 Å². The van der Waals surface area contributed by atoms with Crippen molar-refractivity contribution in [3.05, 3.63) is 56.6 Å². The van der Waals surface area contributed by atoms with Gasteiger partial charge < -0.3 is 10.2 Å². The quantitative estimate of drug-likeness (QED) is 0.331. The van der Waals surface area contributed by atoms with Crippen LogP contribution < -0.4 is 0 Å². The number of aryl methyl sites for hydroxylation is 2. The maximum atomic E-state index is 11.0. The molecule has 0 amide bonds. The molecule has 2 aromatic rings. The standard InChI is InChI=1S/C34H54N2O2/c1-11-22(5)29-16-24(7)31(26(9)33(29)37)19-35-13-14-36(28(18-35)15-21(3)4)20-32-25(8)17-30(23(6)12-2)34(38)27(32)10/h16-17,21-23,28,37-38H,11-15,18-20H2,1-10H3. The fourth-order valence-corrected chi connectivity index (χ4v) is 6.27. The normalized spacial score (nSPS) is 18.8. The molecule has 3 unspecified atom stereocenters. The van der Waals surface area contributed by atoms with Crippen LogP contribution in [0.4, 0.5) is 0 Å². The summed E-state index contributed by atoms with van der Waals surface area (Å²) in [5.41, 5.74) is 9.43. The molecule has 0 bridgehead atoms. The summed E-state index contributed by atoms with van der Waals surface area (Å²) in [5, 5.41) is 22.1. The number of benzene rings is 2. The highest BCUT2D eigenvalue weighted by Crippen LogP contribution is 2.37. The predicted molar refractivity (Wildman–Crippen MR) is 162 cm³/mol. The van der Waals surface area contributed by atoms with Gasteiger partial charge in [-0.25, -0.2) is 0 Å². The molecular formula is C34H54N2O2. The van der Waals surface area contributed by atoms with Crippen LogP contribution in [0, 0.1) is 33.6 Å². The van der Waals surface area contributed by atoms with Gasteiger partial charge in [-0.1, -0.05) is 53.7 Å². The largest absolute Gasteiger partial charge is 0.507 e. The second kappa shape index (κ2) is 12.9. The van der Waals surface area contributed by atoms with E-state index in [4.69, 9.17) is 0 Å². The van der Waals surface area contributed by atoms with Gasteiger partial charge in [0.15, 0.2) is 0 Å². The molecule has 0 spiro atoms. The second-order valence-electron chi connectivity index (χ2n) is 12.6. The molecule has 0 aromatic heterocycles. The third-order valence-electron chi connectivity index (χ3n) is 9.32. The SMILES string of the molecule is CCC(C)c1cc(C)c(CN2CCN(Cc3c(C)cc(C(C)CC)c(O)c3C)C(CC(C)C)C2)c(C)c1O. The average molecular weight is 523 g/mol. The van der Waals surface area contributed by atoms with E-state index in [0.717, 1.165) is 74.2 Å². The van der Waals surface area contributed by atoms with Crippen LogP contribution in [0.25, 0.3) is 0 Å². The van der Waals surface area contributed by atoms with E-state index in [-0.39, 0.29) is 0 Å². The summed E-state index contributed by atoms with van der Waals surface area (Å²) < 4.78 is 0. The average Bonchev–Trinajstić information content (AvgIpc) is 2.88. The molecule has 1 heterocycles. The van der Waals surface area contributed by atoms with Crippen molar-refractivity contribution in [2.75, 3.05) is 19.6 Å². The summed E-state index contributed by atoms with van der Waals surface area (Å²) in [6.45, 7) is 26.8. The Morgan fingerprint density at radius 2 is 1.24 bits per heavy atom. The van der Waals surface area contributed by atoms with E-state index in [1.165, 1.54) is 22.3 Å². The number of hydrogen-bond acceptors (Lipinski definition) is 4. The van der Waals surface area contributed by atoms with E-state index < -0.39 is 0 Å². The maximum Gasteiger partial charge on any atom is 0.122 e. The van der Waals surface area contributed by atoms with Gasteiger partial charge in [0.1, 0.15) is 11.5 Å². The molecule has 38 heavy (non-hydrogen) atoms. The summed E-state index contributed by atoms with van der Waals surface area (Å²) in [4.78, 5) is 5.24. The van der Waals surface area contributed by atoms with Crippen molar-refractivity contribution in [1.29, 1.82) is 0 Å². The number of piperazine rings is 1. The highest BCUT2D eigenvalue weighted by Gasteiger charge is 2.30. The van der Waals surface area contributed by atoms with E-state index in [1.807, 2.05) is 0 Å². The molecule has 4 nitrogen and oxygen atoms in total. The first-order valence-electron chi connectivity index (χ1n) is 15.0. The van der Waals surface area contributed by atoms with Crippen LogP contribution in [-0.2, 0) is 13.1 Å². The van der Waals surface area contributed by atoms with E-state index in [9.17, 15) is 10.2 Å². The highest BCUT2D eigenvalue weighted by atomic mass is 16.3. The van der Waals surface area contributed by atoms with Gasteiger partial charge in [0, 0.05) is 38.8 Å². The monoisotopic (exact) mass is 522 g/mol. The third kappa shape index (κ3) is 6.57. The molecule has 0 radical (unpaired) electrons. The molecule has 0 aliphatic carbocycles. The van der Waals surface area contributed by atoms with Crippen molar-refractivity contribution in [3.63, 3.8) is 0 Å². The minimum Gasteiger partial charge on any atom is -0.507 e. The van der Waals surface area contributed by atoms with Gasteiger partial charge in [-0.05, 0) is 109 Å². The number of aromatic hydroxyl groups is 2. The summed E-state index contributed by atoms with van der Waals surface area (Å²) >= 11 is 0. The Morgan fingerprint density at radius 1 is 0.763 bits per heavy atom. The lowest BCUT2D eigenvalue weighted by molar-refractivity contribution is 0.0526. The fraction of sp³-hybridized carbons (Fsp3) is 0.647. The summed E-state index contributed by atoms with van der Waals surface area (Å²) in [6.07, 6.45) is 3.21. The molecule has 1 aliphatic rings. The molecular weight excluding hydrogens is 468 g/mol. The van der Waals surface area contributed by atoms with Crippen LogP contribution in [-0.4, -0.2) is 45.7 Å². The Labute approximate surface area is 233 Å². The van der Waals surface area contributed by atoms with Gasteiger partial charge in [-0.15, -0.1) is 0 Å². The maximum absolute atomic E-state index is 11.0. The van der Waals surface area contributed by atoms with E-state index >= 15 is 0 Å². The van der Waals surface area contributed by atoms with E-state index in [0.29, 0.717) is 35.3 Å². The number of nitrogens with zero attached hydrogens (tertiary/aromatic N) is 2. The van der Waals surface area contributed by atoms with Crippen LogP contribution >= 0.6 is 0 Å². The molecule has 3 atom stereocenters. The molecule has 1 saturated heterocycles. The van der Waals surface area contributed by atoms with Crippen LogP contribution in [0.3, 0.4) is 0 Å². The Hall–Kier alpha value is -2.04. The number of phenolic OH excluding ortho intramolecular Hbond substituents is 2. The van der Waals surface area contributed by atoms with Crippen LogP contribution in [0.2, 0.25) is 0 Å². The van der Waals surface area contributed by atoms with Crippen molar-refractivity contribution in [2.24, 2.45) is 5.92 Å².